The zero-order valence-corrected chi connectivity index (χ0v) is 18.4. The molecule has 0 radical (unpaired) electrons. The lowest BCUT2D eigenvalue weighted by Crippen LogP contribution is -2.33. The first kappa shape index (κ1) is 21.6. The van der Waals surface area contributed by atoms with Crippen LogP contribution in [0.1, 0.15) is 12.0 Å². The molecule has 1 heterocycles. The molecule has 4 rings (SSSR count). The molecule has 7 heteroatoms. The second-order valence-corrected chi connectivity index (χ2v) is 8.40. The molecule has 3 aromatic rings. The third-order valence-corrected chi connectivity index (χ3v) is 6.10. The predicted octanol–water partition coefficient (Wildman–Crippen LogP) is 4.86. The van der Waals surface area contributed by atoms with E-state index < -0.39 is 5.25 Å². The van der Waals surface area contributed by atoms with Crippen molar-refractivity contribution in [1.29, 1.82) is 0 Å². The SMILES string of the molecule is COc1ccc(NC(=O)C[C@@H]2SC(=Nc3ccccc3)N(Cc3ccccc3)C2=O)cc1. The van der Waals surface area contributed by atoms with Crippen LogP contribution in [0.2, 0.25) is 0 Å². The maximum absolute atomic E-state index is 13.2. The summed E-state index contributed by atoms with van der Waals surface area (Å²) in [6, 6.07) is 26.4. The van der Waals surface area contributed by atoms with Crippen LogP contribution >= 0.6 is 11.8 Å². The first-order chi connectivity index (χ1) is 15.6. The molecule has 3 aromatic carbocycles. The number of amidine groups is 1. The largest absolute Gasteiger partial charge is 0.497 e. The van der Waals surface area contributed by atoms with E-state index in [0.717, 1.165) is 11.3 Å². The lowest BCUT2D eigenvalue weighted by Gasteiger charge is -2.16. The molecule has 0 aromatic heterocycles. The number of thioether (sulfide) groups is 1. The number of methoxy groups -OCH3 is 1. The predicted molar refractivity (Wildman–Crippen MR) is 128 cm³/mol. The van der Waals surface area contributed by atoms with Gasteiger partial charge in [0.1, 0.15) is 11.0 Å². The van der Waals surface area contributed by atoms with Crippen molar-refractivity contribution in [3.63, 3.8) is 0 Å². The smallest absolute Gasteiger partial charge is 0.242 e. The van der Waals surface area contributed by atoms with E-state index in [1.54, 1.807) is 36.3 Å². The Morgan fingerprint density at radius 2 is 1.66 bits per heavy atom. The fourth-order valence-electron chi connectivity index (χ4n) is 3.30. The second kappa shape index (κ2) is 10.2. The van der Waals surface area contributed by atoms with Crippen LogP contribution < -0.4 is 10.1 Å². The molecule has 0 aliphatic carbocycles. The minimum atomic E-state index is -0.528. The van der Waals surface area contributed by atoms with Crippen LogP contribution in [0.5, 0.6) is 5.75 Å². The molecule has 0 saturated carbocycles. The van der Waals surface area contributed by atoms with Gasteiger partial charge in [0, 0.05) is 12.1 Å². The maximum atomic E-state index is 13.2. The van der Waals surface area contributed by atoms with E-state index >= 15 is 0 Å². The van der Waals surface area contributed by atoms with Crippen LogP contribution in [-0.4, -0.2) is 34.2 Å². The quantitative estimate of drug-likeness (QED) is 0.564. The molecule has 1 aliphatic heterocycles. The van der Waals surface area contributed by atoms with Crippen molar-refractivity contribution in [2.75, 3.05) is 12.4 Å². The highest BCUT2D eigenvalue weighted by molar-refractivity contribution is 8.15. The number of carbonyl (C=O) groups is 2. The molecule has 1 saturated heterocycles. The highest BCUT2D eigenvalue weighted by Gasteiger charge is 2.39. The zero-order valence-electron chi connectivity index (χ0n) is 17.6. The van der Waals surface area contributed by atoms with Gasteiger partial charge in [-0.2, -0.15) is 0 Å². The molecular formula is C25H23N3O3S. The Balaban J connectivity index is 1.50. The van der Waals surface area contributed by atoms with Crippen LogP contribution in [0, 0.1) is 0 Å². The molecule has 1 aliphatic rings. The topological polar surface area (TPSA) is 71.0 Å². The number of ether oxygens (including phenoxy) is 1. The normalized spacial score (nSPS) is 16.9. The van der Waals surface area contributed by atoms with Gasteiger partial charge >= 0.3 is 0 Å². The average molecular weight is 446 g/mol. The Morgan fingerprint density at radius 3 is 2.31 bits per heavy atom. The van der Waals surface area contributed by atoms with Gasteiger partial charge in [0.2, 0.25) is 11.8 Å². The third-order valence-electron chi connectivity index (χ3n) is 4.93. The number of carbonyl (C=O) groups excluding carboxylic acids is 2. The number of anilines is 1. The van der Waals surface area contributed by atoms with E-state index in [1.807, 2.05) is 60.7 Å². The summed E-state index contributed by atoms with van der Waals surface area (Å²) in [6.07, 6.45) is 0.0641. The van der Waals surface area contributed by atoms with Gasteiger partial charge in [0.15, 0.2) is 5.17 Å². The first-order valence-electron chi connectivity index (χ1n) is 10.2. The van der Waals surface area contributed by atoms with E-state index in [9.17, 15) is 9.59 Å². The Labute approximate surface area is 191 Å². The number of aliphatic imine (C=N–C) groups is 1. The Morgan fingerprint density at radius 1 is 1.00 bits per heavy atom. The molecule has 1 fully saturated rings. The molecular weight excluding hydrogens is 422 g/mol. The molecule has 6 nitrogen and oxygen atoms in total. The molecule has 32 heavy (non-hydrogen) atoms. The standard InChI is InChI=1S/C25H23N3O3S/c1-31-21-14-12-20(13-15-21)26-23(29)16-22-24(30)28(17-18-8-4-2-5-9-18)25(32-22)27-19-10-6-3-7-11-19/h2-15,22H,16-17H2,1H3,(H,26,29)/t22-/m0/s1. The van der Waals surface area contributed by atoms with E-state index in [-0.39, 0.29) is 18.2 Å². The number of rotatable bonds is 7. The molecule has 1 atom stereocenters. The summed E-state index contributed by atoms with van der Waals surface area (Å²) in [6.45, 7) is 0.412. The van der Waals surface area contributed by atoms with Crippen LogP contribution in [0.25, 0.3) is 0 Å². The number of hydrogen-bond donors (Lipinski definition) is 1. The molecule has 1 N–H and O–H groups in total. The fourth-order valence-corrected chi connectivity index (χ4v) is 4.46. The molecule has 2 amide bonds. The highest BCUT2D eigenvalue weighted by Crippen LogP contribution is 2.33. The summed E-state index contributed by atoms with van der Waals surface area (Å²) < 4.78 is 5.14. The van der Waals surface area contributed by atoms with E-state index in [4.69, 9.17) is 4.74 Å². The summed E-state index contributed by atoms with van der Waals surface area (Å²) in [5.74, 6) is 0.378. The Kier molecular flexibility index (Phi) is 6.87. The number of nitrogens with zero attached hydrogens (tertiary/aromatic N) is 2. The van der Waals surface area contributed by atoms with Gasteiger partial charge in [0.25, 0.3) is 0 Å². The summed E-state index contributed by atoms with van der Waals surface area (Å²) in [4.78, 5) is 32.2. The molecule has 0 bridgehead atoms. The molecule has 0 unspecified atom stereocenters. The lowest BCUT2D eigenvalue weighted by molar-refractivity contribution is -0.128. The van der Waals surface area contributed by atoms with Gasteiger partial charge in [-0.3, -0.25) is 14.5 Å². The summed E-state index contributed by atoms with van der Waals surface area (Å²) in [5.41, 5.74) is 2.43. The number of benzene rings is 3. The van der Waals surface area contributed by atoms with Crippen molar-refractivity contribution >= 4 is 40.1 Å². The van der Waals surface area contributed by atoms with Gasteiger partial charge in [0.05, 0.1) is 19.3 Å². The Bertz CT molecular complexity index is 1100. The highest BCUT2D eigenvalue weighted by atomic mass is 32.2. The monoisotopic (exact) mass is 445 g/mol. The van der Waals surface area contributed by atoms with Crippen molar-refractivity contribution in [1.82, 2.24) is 4.90 Å². The van der Waals surface area contributed by atoms with Crippen LogP contribution in [0.3, 0.4) is 0 Å². The van der Waals surface area contributed by atoms with Gasteiger partial charge in [-0.1, -0.05) is 60.3 Å². The minimum Gasteiger partial charge on any atom is -0.497 e. The van der Waals surface area contributed by atoms with Crippen LogP contribution in [-0.2, 0) is 16.1 Å². The van der Waals surface area contributed by atoms with E-state index in [2.05, 4.69) is 10.3 Å². The van der Waals surface area contributed by atoms with Gasteiger partial charge in [-0.15, -0.1) is 0 Å². The molecule has 162 valence electrons. The van der Waals surface area contributed by atoms with Crippen molar-refractivity contribution in [3.05, 3.63) is 90.5 Å². The third kappa shape index (κ3) is 5.36. The summed E-state index contributed by atoms with van der Waals surface area (Å²) in [5, 5.41) is 2.93. The zero-order chi connectivity index (χ0) is 22.3. The van der Waals surface area contributed by atoms with Crippen LogP contribution in [0.4, 0.5) is 11.4 Å². The van der Waals surface area contributed by atoms with Crippen molar-refractivity contribution in [2.45, 2.75) is 18.2 Å². The van der Waals surface area contributed by atoms with Gasteiger partial charge < -0.3 is 10.1 Å². The summed E-state index contributed by atoms with van der Waals surface area (Å²) in [7, 11) is 1.59. The first-order valence-corrected chi connectivity index (χ1v) is 11.1. The number of para-hydroxylation sites is 1. The van der Waals surface area contributed by atoms with Crippen LogP contribution in [0.15, 0.2) is 89.9 Å². The minimum absolute atomic E-state index is 0.0641. The van der Waals surface area contributed by atoms with Gasteiger partial charge in [-0.25, -0.2) is 4.99 Å². The molecule has 0 spiro atoms. The lowest BCUT2D eigenvalue weighted by atomic mass is 10.2. The van der Waals surface area contributed by atoms with Gasteiger partial charge in [-0.05, 0) is 42.0 Å². The fraction of sp³-hybridized carbons (Fsp3) is 0.160. The number of amides is 2. The van der Waals surface area contributed by atoms with E-state index in [0.29, 0.717) is 23.1 Å². The number of nitrogens with one attached hydrogen (secondary N) is 1. The summed E-state index contributed by atoms with van der Waals surface area (Å²) >= 11 is 1.33. The maximum Gasteiger partial charge on any atom is 0.242 e. The number of hydrogen-bond acceptors (Lipinski definition) is 5. The van der Waals surface area contributed by atoms with Crippen molar-refractivity contribution in [2.24, 2.45) is 4.99 Å². The van der Waals surface area contributed by atoms with E-state index in [1.165, 1.54) is 11.8 Å². The van der Waals surface area contributed by atoms with Crippen molar-refractivity contribution < 1.29 is 14.3 Å². The average Bonchev–Trinajstić information content (AvgIpc) is 3.09. The second-order valence-electron chi connectivity index (χ2n) is 7.23. The Hall–Kier alpha value is -3.58. The van der Waals surface area contributed by atoms with Crippen molar-refractivity contribution in [3.8, 4) is 5.75 Å².